The molecule has 0 spiro atoms. The van der Waals surface area contributed by atoms with E-state index >= 15 is 0 Å². The van der Waals surface area contributed by atoms with E-state index in [4.69, 9.17) is 11.6 Å². The van der Waals surface area contributed by atoms with E-state index in [0.29, 0.717) is 10.7 Å². The SMILES string of the molecule is O=C(NCCOCC(F)(F)F)C1CC(=O)N(c2ccccc2Cl)C1. The van der Waals surface area contributed by atoms with Gasteiger partial charge in [0.25, 0.3) is 0 Å². The third-order valence-electron chi connectivity index (χ3n) is 3.45. The number of anilines is 1. The number of carbonyl (C=O) groups is 2. The number of alkyl halides is 3. The van der Waals surface area contributed by atoms with E-state index in [1.165, 1.54) is 4.90 Å². The van der Waals surface area contributed by atoms with Crippen molar-refractivity contribution in [2.45, 2.75) is 12.6 Å². The quantitative estimate of drug-likeness (QED) is 0.788. The second-order valence-corrected chi connectivity index (χ2v) is 5.72. The van der Waals surface area contributed by atoms with Gasteiger partial charge in [-0.3, -0.25) is 9.59 Å². The van der Waals surface area contributed by atoms with Crippen LogP contribution >= 0.6 is 11.6 Å². The molecule has 2 amide bonds. The van der Waals surface area contributed by atoms with Crippen molar-refractivity contribution in [2.75, 3.05) is 31.2 Å². The zero-order valence-corrected chi connectivity index (χ0v) is 13.4. The summed E-state index contributed by atoms with van der Waals surface area (Å²) in [6, 6.07) is 6.80. The van der Waals surface area contributed by atoms with Crippen LogP contribution in [0, 0.1) is 5.92 Å². The van der Waals surface area contributed by atoms with Crippen LogP contribution in [-0.4, -0.2) is 44.3 Å². The topological polar surface area (TPSA) is 58.6 Å². The molecule has 1 saturated heterocycles. The second-order valence-electron chi connectivity index (χ2n) is 5.32. The van der Waals surface area contributed by atoms with Crippen LogP contribution in [0.3, 0.4) is 0 Å². The van der Waals surface area contributed by atoms with E-state index in [2.05, 4.69) is 10.1 Å². The van der Waals surface area contributed by atoms with Crippen LogP contribution < -0.4 is 10.2 Å². The molecule has 1 N–H and O–H groups in total. The van der Waals surface area contributed by atoms with Crippen molar-refractivity contribution in [3.05, 3.63) is 29.3 Å². The molecular formula is C15H16ClF3N2O3. The maximum atomic E-state index is 12.1. The summed E-state index contributed by atoms with van der Waals surface area (Å²) in [6.07, 6.45) is -4.36. The molecule has 1 atom stereocenters. The lowest BCUT2D eigenvalue weighted by Gasteiger charge is -2.18. The summed E-state index contributed by atoms with van der Waals surface area (Å²) < 4.78 is 40.1. The largest absolute Gasteiger partial charge is 0.411 e. The number of amides is 2. The first-order chi connectivity index (χ1) is 11.3. The van der Waals surface area contributed by atoms with E-state index < -0.39 is 24.6 Å². The number of nitrogens with one attached hydrogen (secondary N) is 1. The fourth-order valence-electron chi connectivity index (χ4n) is 2.37. The summed E-state index contributed by atoms with van der Waals surface area (Å²) in [6.45, 7) is -1.48. The molecule has 0 bridgehead atoms. The molecule has 0 radical (unpaired) electrons. The number of para-hydroxylation sites is 1. The van der Waals surface area contributed by atoms with Crippen LogP contribution in [0.4, 0.5) is 18.9 Å². The molecule has 1 fully saturated rings. The molecule has 24 heavy (non-hydrogen) atoms. The Morgan fingerprint density at radius 3 is 2.75 bits per heavy atom. The van der Waals surface area contributed by atoms with E-state index in [-0.39, 0.29) is 32.0 Å². The van der Waals surface area contributed by atoms with Crippen LogP contribution in [0.15, 0.2) is 24.3 Å². The van der Waals surface area contributed by atoms with Crippen LogP contribution in [0.1, 0.15) is 6.42 Å². The highest BCUT2D eigenvalue weighted by atomic mass is 35.5. The second kappa shape index (κ2) is 7.85. The first-order valence-electron chi connectivity index (χ1n) is 7.25. The van der Waals surface area contributed by atoms with Crippen molar-refractivity contribution < 1.29 is 27.5 Å². The fraction of sp³-hybridized carbons (Fsp3) is 0.467. The monoisotopic (exact) mass is 364 g/mol. The van der Waals surface area contributed by atoms with E-state index in [1.807, 2.05) is 0 Å². The van der Waals surface area contributed by atoms with Crippen LogP contribution in [0.5, 0.6) is 0 Å². The fourth-order valence-corrected chi connectivity index (χ4v) is 2.60. The van der Waals surface area contributed by atoms with Gasteiger partial charge in [0.1, 0.15) is 6.61 Å². The van der Waals surface area contributed by atoms with Gasteiger partial charge in [-0.15, -0.1) is 0 Å². The number of ether oxygens (including phenoxy) is 1. The maximum absolute atomic E-state index is 12.1. The lowest BCUT2D eigenvalue weighted by molar-refractivity contribution is -0.173. The highest BCUT2D eigenvalue weighted by molar-refractivity contribution is 6.33. The Hall–Kier alpha value is -1.80. The number of halogens is 4. The molecule has 1 heterocycles. The number of nitrogens with zero attached hydrogens (tertiary/aromatic N) is 1. The Labute approximate surface area is 141 Å². The van der Waals surface area contributed by atoms with Crippen molar-refractivity contribution in [1.29, 1.82) is 0 Å². The van der Waals surface area contributed by atoms with Crippen molar-refractivity contribution in [2.24, 2.45) is 5.92 Å². The zero-order chi connectivity index (χ0) is 17.7. The van der Waals surface area contributed by atoms with E-state index in [1.54, 1.807) is 24.3 Å². The number of hydrogen-bond acceptors (Lipinski definition) is 3. The van der Waals surface area contributed by atoms with Gasteiger partial charge >= 0.3 is 6.18 Å². The highest BCUT2D eigenvalue weighted by Gasteiger charge is 2.35. The molecule has 5 nitrogen and oxygen atoms in total. The predicted molar refractivity (Wildman–Crippen MR) is 81.8 cm³/mol. The summed E-state index contributed by atoms with van der Waals surface area (Å²) in [7, 11) is 0. The van der Waals surface area contributed by atoms with Crippen molar-refractivity contribution in [1.82, 2.24) is 5.32 Å². The minimum Gasteiger partial charge on any atom is -0.370 e. The number of rotatable bonds is 6. The summed E-state index contributed by atoms with van der Waals surface area (Å²) in [5.41, 5.74) is 0.535. The van der Waals surface area contributed by atoms with Crippen molar-refractivity contribution in [3.63, 3.8) is 0 Å². The van der Waals surface area contributed by atoms with Crippen molar-refractivity contribution in [3.8, 4) is 0 Å². The Bertz CT molecular complexity index is 610. The lowest BCUT2D eigenvalue weighted by Crippen LogP contribution is -2.35. The van der Waals surface area contributed by atoms with Gasteiger partial charge in [-0.25, -0.2) is 0 Å². The molecular weight excluding hydrogens is 349 g/mol. The molecule has 0 aliphatic carbocycles. The molecule has 9 heteroatoms. The van der Waals surface area contributed by atoms with Crippen molar-refractivity contribution >= 4 is 29.1 Å². The first-order valence-corrected chi connectivity index (χ1v) is 7.63. The smallest absolute Gasteiger partial charge is 0.370 e. The summed E-state index contributed by atoms with van der Waals surface area (Å²) in [5.74, 6) is -1.19. The third-order valence-corrected chi connectivity index (χ3v) is 3.77. The highest BCUT2D eigenvalue weighted by Crippen LogP contribution is 2.30. The molecule has 1 aliphatic heterocycles. The Morgan fingerprint density at radius 1 is 1.38 bits per heavy atom. The third kappa shape index (κ3) is 5.10. The van der Waals surface area contributed by atoms with Gasteiger partial charge in [0.15, 0.2) is 0 Å². The van der Waals surface area contributed by atoms with Gasteiger partial charge in [-0.1, -0.05) is 23.7 Å². The first kappa shape index (κ1) is 18.5. The molecule has 1 aliphatic rings. The van der Waals surface area contributed by atoms with Crippen LogP contribution in [0.2, 0.25) is 5.02 Å². The summed E-state index contributed by atoms with van der Waals surface area (Å²) in [5, 5.41) is 2.88. The van der Waals surface area contributed by atoms with E-state index in [9.17, 15) is 22.8 Å². The standard InChI is InChI=1S/C15H16ClF3N2O3/c16-11-3-1-2-4-12(11)21-8-10(7-13(21)22)14(23)20-5-6-24-9-15(17,18)19/h1-4,10H,5-9H2,(H,20,23). The average Bonchev–Trinajstić information content (AvgIpc) is 2.88. The summed E-state index contributed by atoms with van der Waals surface area (Å²) in [4.78, 5) is 25.5. The van der Waals surface area contributed by atoms with Gasteiger partial charge in [-0.2, -0.15) is 13.2 Å². The lowest BCUT2D eigenvalue weighted by atomic mass is 10.1. The molecule has 1 aromatic rings. The molecule has 1 unspecified atom stereocenters. The van der Waals surface area contributed by atoms with Gasteiger partial charge in [0.2, 0.25) is 11.8 Å². The predicted octanol–water partition coefficient (Wildman–Crippen LogP) is 2.39. The summed E-state index contributed by atoms with van der Waals surface area (Å²) >= 11 is 6.05. The Balaban J connectivity index is 1.80. The van der Waals surface area contributed by atoms with Gasteiger partial charge < -0.3 is 15.0 Å². The van der Waals surface area contributed by atoms with Crippen LogP contribution in [0.25, 0.3) is 0 Å². The number of benzene rings is 1. The Morgan fingerprint density at radius 2 is 2.08 bits per heavy atom. The van der Waals surface area contributed by atoms with Crippen LogP contribution in [-0.2, 0) is 14.3 Å². The molecule has 2 rings (SSSR count). The van der Waals surface area contributed by atoms with Gasteiger partial charge in [0.05, 0.1) is 23.2 Å². The number of hydrogen-bond donors (Lipinski definition) is 1. The average molecular weight is 365 g/mol. The van der Waals surface area contributed by atoms with E-state index in [0.717, 1.165) is 0 Å². The molecule has 1 aromatic carbocycles. The minimum atomic E-state index is -4.39. The molecule has 132 valence electrons. The number of carbonyl (C=O) groups excluding carboxylic acids is 2. The zero-order valence-electron chi connectivity index (χ0n) is 12.6. The molecule has 0 aromatic heterocycles. The maximum Gasteiger partial charge on any atom is 0.411 e. The molecule has 0 saturated carbocycles. The Kier molecular flexibility index (Phi) is 6.06. The van der Waals surface area contributed by atoms with Gasteiger partial charge in [-0.05, 0) is 12.1 Å². The van der Waals surface area contributed by atoms with Gasteiger partial charge in [0, 0.05) is 19.5 Å². The minimum absolute atomic E-state index is 0.0282. The normalized spacial score (nSPS) is 18.1.